The van der Waals surface area contributed by atoms with Gasteiger partial charge in [-0.2, -0.15) is 0 Å². The summed E-state index contributed by atoms with van der Waals surface area (Å²) in [5, 5.41) is 3.10. The third kappa shape index (κ3) is 9.39. The molecule has 0 unspecified atom stereocenters. The lowest BCUT2D eigenvalue weighted by Gasteiger charge is -2.28. The molecule has 8 nitrogen and oxygen atoms in total. The SMILES string of the molecule is CCOC(=O)[C@H](CCc1ccccc1)N[C@@H](C)C(=O)N(CC(=O)OC(C)(C)C)Cc1ccco1. The molecule has 2 rings (SSSR count). The zero-order valence-electron chi connectivity index (χ0n) is 20.7. The van der Waals surface area contributed by atoms with E-state index in [0.717, 1.165) is 5.56 Å². The molecular weight excluding hydrogens is 436 g/mol. The van der Waals surface area contributed by atoms with E-state index < -0.39 is 29.6 Å². The van der Waals surface area contributed by atoms with Crippen LogP contribution in [0.2, 0.25) is 0 Å². The Kier molecular flexibility index (Phi) is 10.3. The fourth-order valence-electron chi connectivity index (χ4n) is 3.45. The number of aryl methyl sites for hydroxylation is 1. The van der Waals surface area contributed by atoms with E-state index in [1.54, 1.807) is 46.8 Å². The van der Waals surface area contributed by atoms with Crippen molar-refractivity contribution in [2.75, 3.05) is 13.2 Å². The van der Waals surface area contributed by atoms with Crippen LogP contribution < -0.4 is 5.32 Å². The quantitative estimate of drug-likeness (QED) is 0.472. The second-order valence-electron chi connectivity index (χ2n) is 9.08. The number of nitrogens with zero attached hydrogens (tertiary/aromatic N) is 1. The number of esters is 2. The molecule has 0 saturated heterocycles. The molecule has 0 saturated carbocycles. The summed E-state index contributed by atoms with van der Waals surface area (Å²) in [4.78, 5) is 39.7. The number of carbonyl (C=O) groups excluding carboxylic acids is 3. The number of hydrogen-bond donors (Lipinski definition) is 1. The summed E-state index contributed by atoms with van der Waals surface area (Å²) in [5.41, 5.74) is 0.411. The zero-order valence-corrected chi connectivity index (χ0v) is 20.7. The van der Waals surface area contributed by atoms with Crippen LogP contribution in [0.1, 0.15) is 52.4 Å². The second kappa shape index (κ2) is 12.9. The fourth-order valence-corrected chi connectivity index (χ4v) is 3.45. The van der Waals surface area contributed by atoms with Gasteiger partial charge in [-0.3, -0.25) is 19.7 Å². The van der Waals surface area contributed by atoms with E-state index in [0.29, 0.717) is 18.6 Å². The van der Waals surface area contributed by atoms with Crippen molar-refractivity contribution in [1.29, 1.82) is 0 Å². The Morgan fingerprint density at radius 3 is 2.38 bits per heavy atom. The van der Waals surface area contributed by atoms with Gasteiger partial charge < -0.3 is 18.8 Å². The molecule has 1 aromatic carbocycles. The molecule has 0 aliphatic rings. The predicted molar refractivity (Wildman–Crippen MR) is 128 cm³/mol. The van der Waals surface area contributed by atoms with Gasteiger partial charge in [-0.05, 0) is 65.2 Å². The van der Waals surface area contributed by atoms with Crippen LogP contribution in [0.4, 0.5) is 0 Å². The minimum absolute atomic E-state index is 0.102. The van der Waals surface area contributed by atoms with Gasteiger partial charge in [0.2, 0.25) is 5.91 Å². The summed E-state index contributed by atoms with van der Waals surface area (Å²) >= 11 is 0. The topological polar surface area (TPSA) is 98.1 Å². The Hall–Kier alpha value is -3.13. The molecule has 2 aromatic rings. The van der Waals surface area contributed by atoms with E-state index in [-0.39, 0.29) is 25.6 Å². The lowest BCUT2D eigenvalue weighted by Crippen LogP contribution is -2.52. The average molecular weight is 473 g/mol. The fraction of sp³-hybridized carbons (Fsp3) is 0.500. The second-order valence-corrected chi connectivity index (χ2v) is 9.08. The van der Waals surface area contributed by atoms with Crippen LogP contribution in [0.3, 0.4) is 0 Å². The molecule has 1 aromatic heterocycles. The van der Waals surface area contributed by atoms with Gasteiger partial charge in [-0.1, -0.05) is 30.3 Å². The average Bonchev–Trinajstić information content (AvgIpc) is 3.28. The summed E-state index contributed by atoms with van der Waals surface area (Å²) in [5.74, 6) is -0.750. The molecule has 186 valence electrons. The van der Waals surface area contributed by atoms with Crippen LogP contribution in [0.5, 0.6) is 0 Å². The Bertz CT molecular complexity index is 905. The number of furan rings is 1. The van der Waals surface area contributed by atoms with Crippen LogP contribution in [-0.4, -0.2) is 53.6 Å². The van der Waals surface area contributed by atoms with Crippen molar-refractivity contribution < 1.29 is 28.3 Å². The number of amides is 1. The van der Waals surface area contributed by atoms with Gasteiger partial charge in [0.25, 0.3) is 0 Å². The summed E-state index contributed by atoms with van der Waals surface area (Å²) in [6.07, 6.45) is 2.62. The molecule has 0 spiro atoms. The standard InChI is InChI=1S/C26H36N2O6/c1-6-32-25(31)22(15-14-20-11-8-7-9-12-20)27-19(2)24(30)28(17-21-13-10-16-33-21)18-23(29)34-26(3,4)5/h7-13,16,19,22,27H,6,14-15,17-18H2,1-5H3/t19-,22-/m0/s1. The first-order valence-electron chi connectivity index (χ1n) is 11.6. The summed E-state index contributed by atoms with van der Waals surface area (Å²) in [7, 11) is 0. The molecule has 2 atom stereocenters. The van der Waals surface area contributed by atoms with Crippen LogP contribution in [0.25, 0.3) is 0 Å². The smallest absolute Gasteiger partial charge is 0.326 e. The number of ether oxygens (including phenoxy) is 2. The van der Waals surface area contributed by atoms with Crippen molar-refractivity contribution in [2.45, 2.75) is 71.7 Å². The number of hydrogen-bond acceptors (Lipinski definition) is 7. The van der Waals surface area contributed by atoms with Crippen LogP contribution >= 0.6 is 0 Å². The number of carbonyl (C=O) groups is 3. The predicted octanol–water partition coefficient (Wildman–Crippen LogP) is 3.49. The Morgan fingerprint density at radius 2 is 1.79 bits per heavy atom. The monoisotopic (exact) mass is 472 g/mol. The van der Waals surface area contributed by atoms with E-state index in [4.69, 9.17) is 13.9 Å². The maximum atomic E-state index is 13.3. The molecule has 0 aliphatic carbocycles. The van der Waals surface area contributed by atoms with E-state index >= 15 is 0 Å². The van der Waals surface area contributed by atoms with Gasteiger partial charge in [0.05, 0.1) is 25.5 Å². The summed E-state index contributed by atoms with van der Waals surface area (Å²) < 4.78 is 16.0. The van der Waals surface area contributed by atoms with Crippen molar-refractivity contribution in [2.24, 2.45) is 0 Å². The highest BCUT2D eigenvalue weighted by atomic mass is 16.6. The molecule has 0 radical (unpaired) electrons. The first-order chi connectivity index (χ1) is 16.1. The Balaban J connectivity index is 2.11. The summed E-state index contributed by atoms with van der Waals surface area (Å²) in [6.45, 7) is 8.82. The number of nitrogens with one attached hydrogen (secondary N) is 1. The van der Waals surface area contributed by atoms with E-state index in [1.807, 2.05) is 30.3 Å². The van der Waals surface area contributed by atoms with Crippen molar-refractivity contribution in [3.05, 3.63) is 60.1 Å². The van der Waals surface area contributed by atoms with Gasteiger partial charge in [0.15, 0.2) is 0 Å². The molecule has 1 heterocycles. The molecule has 1 amide bonds. The maximum absolute atomic E-state index is 13.3. The Morgan fingerprint density at radius 1 is 1.09 bits per heavy atom. The lowest BCUT2D eigenvalue weighted by atomic mass is 10.0. The van der Waals surface area contributed by atoms with Crippen LogP contribution in [0, 0.1) is 0 Å². The lowest BCUT2D eigenvalue weighted by molar-refractivity contribution is -0.160. The van der Waals surface area contributed by atoms with Crippen molar-refractivity contribution in [1.82, 2.24) is 10.2 Å². The highest BCUT2D eigenvalue weighted by Gasteiger charge is 2.30. The van der Waals surface area contributed by atoms with E-state index in [2.05, 4.69) is 5.32 Å². The number of benzene rings is 1. The minimum Gasteiger partial charge on any atom is -0.467 e. The minimum atomic E-state index is -0.748. The van der Waals surface area contributed by atoms with Gasteiger partial charge in [-0.25, -0.2) is 0 Å². The summed E-state index contributed by atoms with van der Waals surface area (Å²) in [6, 6.07) is 11.8. The first-order valence-corrected chi connectivity index (χ1v) is 11.6. The van der Waals surface area contributed by atoms with Crippen molar-refractivity contribution >= 4 is 17.8 Å². The van der Waals surface area contributed by atoms with Gasteiger partial charge >= 0.3 is 11.9 Å². The molecule has 0 bridgehead atoms. The normalized spacial score (nSPS) is 13.1. The van der Waals surface area contributed by atoms with Crippen LogP contribution in [0.15, 0.2) is 53.1 Å². The highest BCUT2D eigenvalue weighted by molar-refractivity contribution is 5.86. The zero-order chi connectivity index (χ0) is 25.1. The molecular formula is C26H36N2O6. The molecule has 1 N–H and O–H groups in total. The van der Waals surface area contributed by atoms with Crippen molar-refractivity contribution in [3.63, 3.8) is 0 Å². The maximum Gasteiger partial charge on any atom is 0.326 e. The van der Waals surface area contributed by atoms with E-state index in [1.165, 1.54) is 11.2 Å². The third-order valence-corrected chi connectivity index (χ3v) is 4.94. The van der Waals surface area contributed by atoms with Crippen molar-refractivity contribution in [3.8, 4) is 0 Å². The Labute approximate surface area is 201 Å². The van der Waals surface area contributed by atoms with Gasteiger partial charge in [-0.15, -0.1) is 0 Å². The first kappa shape index (κ1) is 27.1. The molecule has 34 heavy (non-hydrogen) atoms. The largest absolute Gasteiger partial charge is 0.467 e. The molecule has 0 aliphatic heterocycles. The third-order valence-electron chi connectivity index (χ3n) is 4.94. The highest BCUT2D eigenvalue weighted by Crippen LogP contribution is 2.13. The van der Waals surface area contributed by atoms with Gasteiger partial charge in [0, 0.05) is 0 Å². The molecule has 8 heteroatoms. The molecule has 0 fully saturated rings. The van der Waals surface area contributed by atoms with Gasteiger partial charge in [0.1, 0.15) is 23.9 Å². The van der Waals surface area contributed by atoms with E-state index in [9.17, 15) is 14.4 Å². The number of rotatable bonds is 12. The van der Waals surface area contributed by atoms with Crippen LogP contribution in [-0.2, 0) is 36.8 Å².